The molecule has 98 valence electrons. The maximum absolute atomic E-state index is 13.7. The number of nitro groups is 1. The van der Waals surface area contributed by atoms with Crippen LogP contribution in [0.5, 0.6) is 0 Å². The lowest BCUT2D eigenvalue weighted by atomic mass is 10.1. The Morgan fingerprint density at radius 2 is 2.00 bits per heavy atom. The van der Waals surface area contributed by atoms with E-state index >= 15 is 0 Å². The Morgan fingerprint density at radius 3 is 2.58 bits per heavy atom. The molecule has 0 aliphatic heterocycles. The van der Waals surface area contributed by atoms with Crippen molar-refractivity contribution in [3.63, 3.8) is 0 Å². The summed E-state index contributed by atoms with van der Waals surface area (Å²) in [4.78, 5) is 14.2. The zero-order valence-electron chi connectivity index (χ0n) is 9.85. The van der Waals surface area contributed by atoms with Crippen LogP contribution >= 0.6 is 0 Å². The largest absolute Gasteiger partial charge is 0.373 e. The molecular formula is C12H9F2N3O2. The molecule has 19 heavy (non-hydrogen) atoms. The second-order valence-corrected chi connectivity index (χ2v) is 3.70. The van der Waals surface area contributed by atoms with Gasteiger partial charge < -0.3 is 5.32 Å². The molecule has 0 bridgehead atoms. The molecule has 0 aliphatic rings. The minimum absolute atomic E-state index is 0.120. The Bertz CT molecular complexity index is 647. The lowest BCUT2D eigenvalue weighted by Crippen LogP contribution is -2.00. The summed E-state index contributed by atoms with van der Waals surface area (Å²) in [6, 6.07) is 5.43. The summed E-state index contributed by atoms with van der Waals surface area (Å²) >= 11 is 0. The molecule has 1 heterocycles. The van der Waals surface area contributed by atoms with E-state index in [2.05, 4.69) is 10.3 Å². The summed E-state index contributed by atoms with van der Waals surface area (Å²) in [5.41, 5.74) is -0.607. The van der Waals surface area contributed by atoms with Crippen molar-refractivity contribution in [2.24, 2.45) is 0 Å². The summed E-state index contributed by atoms with van der Waals surface area (Å²) in [5.74, 6) is -1.30. The van der Waals surface area contributed by atoms with Crippen molar-refractivity contribution in [3.8, 4) is 11.3 Å². The van der Waals surface area contributed by atoms with E-state index in [1.807, 2.05) is 0 Å². The summed E-state index contributed by atoms with van der Waals surface area (Å²) in [6.45, 7) is 0. The number of hydrogen-bond acceptors (Lipinski definition) is 4. The maximum atomic E-state index is 13.7. The standard InChI is InChI=1S/C12H9F2N3O2/c1-15-11-5-4-10(17(18)19)12(16-11)8-3-2-7(13)6-9(8)14/h2-6H,1H3,(H,15,16). The smallest absolute Gasteiger partial charge is 0.295 e. The van der Waals surface area contributed by atoms with E-state index in [1.54, 1.807) is 7.05 Å². The van der Waals surface area contributed by atoms with Gasteiger partial charge in [-0.2, -0.15) is 0 Å². The summed E-state index contributed by atoms with van der Waals surface area (Å²) in [5, 5.41) is 13.6. The van der Waals surface area contributed by atoms with E-state index in [9.17, 15) is 18.9 Å². The highest BCUT2D eigenvalue weighted by Crippen LogP contribution is 2.31. The van der Waals surface area contributed by atoms with Gasteiger partial charge in [-0.1, -0.05) is 0 Å². The van der Waals surface area contributed by atoms with Gasteiger partial charge in [-0.15, -0.1) is 0 Å². The summed E-state index contributed by atoms with van der Waals surface area (Å²) in [7, 11) is 1.58. The molecule has 7 heteroatoms. The minimum atomic E-state index is -0.899. The number of nitrogens with one attached hydrogen (secondary N) is 1. The molecule has 2 rings (SSSR count). The maximum Gasteiger partial charge on any atom is 0.295 e. The quantitative estimate of drug-likeness (QED) is 0.684. The molecule has 0 aliphatic carbocycles. The van der Waals surface area contributed by atoms with Gasteiger partial charge in [-0.25, -0.2) is 13.8 Å². The molecule has 0 radical (unpaired) electrons. The molecule has 0 atom stereocenters. The van der Waals surface area contributed by atoms with E-state index in [1.165, 1.54) is 12.1 Å². The average molecular weight is 265 g/mol. The zero-order chi connectivity index (χ0) is 14.0. The van der Waals surface area contributed by atoms with Crippen molar-refractivity contribution < 1.29 is 13.7 Å². The van der Waals surface area contributed by atoms with E-state index in [0.717, 1.165) is 12.1 Å². The molecule has 2 aromatic rings. The second-order valence-electron chi connectivity index (χ2n) is 3.70. The van der Waals surface area contributed by atoms with Gasteiger partial charge in [-0.05, 0) is 18.2 Å². The van der Waals surface area contributed by atoms with E-state index in [0.29, 0.717) is 11.9 Å². The third-order valence-corrected chi connectivity index (χ3v) is 2.51. The van der Waals surface area contributed by atoms with Gasteiger partial charge in [0, 0.05) is 24.7 Å². The third kappa shape index (κ3) is 2.49. The molecule has 1 aromatic carbocycles. The lowest BCUT2D eigenvalue weighted by molar-refractivity contribution is -0.384. The van der Waals surface area contributed by atoms with Crippen molar-refractivity contribution in [2.45, 2.75) is 0 Å². The molecule has 0 amide bonds. The normalized spacial score (nSPS) is 10.3. The Morgan fingerprint density at radius 1 is 1.26 bits per heavy atom. The SMILES string of the molecule is CNc1ccc([N+](=O)[O-])c(-c2ccc(F)cc2F)n1. The van der Waals surface area contributed by atoms with Crippen LogP contribution in [0.3, 0.4) is 0 Å². The van der Waals surface area contributed by atoms with Crippen molar-refractivity contribution in [3.05, 3.63) is 52.1 Å². The number of hydrogen-bond donors (Lipinski definition) is 1. The van der Waals surface area contributed by atoms with Crippen molar-refractivity contribution >= 4 is 11.5 Å². The average Bonchev–Trinajstić information content (AvgIpc) is 2.38. The van der Waals surface area contributed by atoms with Crippen molar-refractivity contribution in [1.29, 1.82) is 0 Å². The topological polar surface area (TPSA) is 68.1 Å². The predicted molar refractivity (Wildman–Crippen MR) is 65.8 cm³/mol. The second kappa shape index (κ2) is 4.97. The molecule has 0 fully saturated rings. The van der Waals surface area contributed by atoms with Crippen LogP contribution in [-0.2, 0) is 0 Å². The van der Waals surface area contributed by atoms with Crippen molar-refractivity contribution in [1.82, 2.24) is 4.98 Å². The first-order valence-electron chi connectivity index (χ1n) is 5.31. The van der Waals surface area contributed by atoms with Gasteiger partial charge in [0.25, 0.3) is 5.69 Å². The highest BCUT2D eigenvalue weighted by molar-refractivity contribution is 5.71. The van der Waals surface area contributed by atoms with Gasteiger partial charge in [0.2, 0.25) is 0 Å². The van der Waals surface area contributed by atoms with Gasteiger partial charge in [0.15, 0.2) is 5.69 Å². The zero-order valence-corrected chi connectivity index (χ0v) is 9.85. The van der Waals surface area contributed by atoms with Crippen LogP contribution in [0.15, 0.2) is 30.3 Å². The summed E-state index contributed by atoms with van der Waals surface area (Å²) in [6.07, 6.45) is 0. The third-order valence-electron chi connectivity index (χ3n) is 2.51. The number of pyridine rings is 1. The Hall–Kier alpha value is -2.57. The van der Waals surface area contributed by atoms with Crippen LogP contribution < -0.4 is 5.32 Å². The number of anilines is 1. The van der Waals surface area contributed by atoms with E-state index in [-0.39, 0.29) is 16.9 Å². The highest BCUT2D eigenvalue weighted by Gasteiger charge is 2.20. The van der Waals surface area contributed by atoms with Crippen LogP contribution in [0.1, 0.15) is 0 Å². The number of halogens is 2. The Labute approximate surface area is 107 Å². The van der Waals surface area contributed by atoms with Gasteiger partial charge in [-0.3, -0.25) is 10.1 Å². The molecular weight excluding hydrogens is 256 g/mol. The van der Waals surface area contributed by atoms with Crippen LogP contribution in [0.4, 0.5) is 20.3 Å². The van der Waals surface area contributed by atoms with Crippen LogP contribution in [-0.4, -0.2) is 17.0 Å². The number of nitrogens with zero attached hydrogens (tertiary/aromatic N) is 2. The molecule has 1 aromatic heterocycles. The van der Waals surface area contributed by atoms with Crippen LogP contribution in [0.25, 0.3) is 11.3 Å². The molecule has 0 unspecified atom stereocenters. The first-order chi connectivity index (χ1) is 9.02. The Kier molecular flexibility index (Phi) is 3.37. The lowest BCUT2D eigenvalue weighted by Gasteiger charge is -2.06. The fraction of sp³-hybridized carbons (Fsp3) is 0.0833. The molecule has 1 N–H and O–H groups in total. The number of benzene rings is 1. The monoisotopic (exact) mass is 265 g/mol. The molecule has 0 spiro atoms. The molecule has 0 saturated carbocycles. The van der Waals surface area contributed by atoms with E-state index in [4.69, 9.17) is 0 Å². The molecule has 5 nitrogen and oxygen atoms in total. The van der Waals surface area contributed by atoms with Crippen LogP contribution in [0, 0.1) is 21.7 Å². The minimum Gasteiger partial charge on any atom is -0.373 e. The van der Waals surface area contributed by atoms with Crippen LogP contribution in [0.2, 0.25) is 0 Å². The fourth-order valence-electron chi connectivity index (χ4n) is 1.62. The first kappa shape index (κ1) is 12.9. The van der Waals surface area contributed by atoms with E-state index < -0.39 is 16.6 Å². The van der Waals surface area contributed by atoms with Gasteiger partial charge >= 0.3 is 0 Å². The molecule has 0 saturated heterocycles. The summed E-state index contributed by atoms with van der Waals surface area (Å²) < 4.78 is 26.6. The number of aromatic nitrogens is 1. The predicted octanol–water partition coefficient (Wildman–Crippen LogP) is 2.98. The first-order valence-corrected chi connectivity index (χ1v) is 5.31. The van der Waals surface area contributed by atoms with Gasteiger partial charge in [0.1, 0.15) is 17.5 Å². The Balaban J connectivity index is 2.68. The number of rotatable bonds is 3. The fourth-order valence-corrected chi connectivity index (χ4v) is 1.62. The van der Waals surface area contributed by atoms with Crippen molar-refractivity contribution in [2.75, 3.05) is 12.4 Å². The van der Waals surface area contributed by atoms with Gasteiger partial charge in [0.05, 0.1) is 4.92 Å². The highest BCUT2D eigenvalue weighted by atomic mass is 19.1.